The van der Waals surface area contributed by atoms with Gasteiger partial charge in [0.15, 0.2) is 0 Å². The Morgan fingerprint density at radius 1 is 1.53 bits per heavy atom. The minimum absolute atomic E-state index is 0.000617. The molecule has 0 bridgehead atoms. The van der Waals surface area contributed by atoms with Crippen LogP contribution < -0.4 is 4.90 Å². The van der Waals surface area contributed by atoms with Gasteiger partial charge in [-0.15, -0.1) is 6.58 Å². The molecule has 88 valence electrons. The van der Waals surface area contributed by atoms with Gasteiger partial charge >= 0.3 is 5.97 Å². The van der Waals surface area contributed by atoms with Gasteiger partial charge in [0.1, 0.15) is 0 Å². The molecule has 0 spiro atoms. The fourth-order valence-corrected chi connectivity index (χ4v) is 1.66. The van der Waals surface area contributed by atoms with Crippen molar-refractivity contribution in [1.82, 2.24) is 9.97 Å². The van der Waals surface area contributed by atoms with E-state index in [4.69, 9.17) is 5.11 Å². The zero-order chi connectivity index (χ0) is 12.4. The normalized spacial score (nSPS) is 19.4. The third kappa shape index (κ3) is 2.15. The third-order valence-electron chi connectivity index (χ3n) is 2.61. The number of hydrogen-bond acceptors (Lipinski definition) is 4. The fourth-order valence-electron chi connectivity index (χ4n) is 1.66. The lowest BCUT2D eigenvalue weighted by Gasteiger charge is -2.13. The first-order chi connectivity index (χ1) is 8.11. The second-order valence-electron chi connectivity index (χ2n) is 3.78. The Hall–Kier alpha value is -2.24. The van der Waals surface area contributed by atoms with Gasteiger partial charge in [-0.25, -0.2) is 14.8 Å². The molecule has 1 fully saturated rings. The number of hydrogen-bond donors (Lipinski definition) is 1. The van der Waals surface area contributed by atoms with Crippen LogP contribution in [-0.4, -0.2) is 33.5 Å². The molecule has 1 aromatic rings. The number of anilines is 1. The van der Waals surface area contributed by atoms with Crippen molar-refractivity contribution in [2.24, 2.45) is 5.92 Å². The predicted molar refractivity (Wildman–Crippen MR) is 59.6 cm³/mol. The third-order valence-corrected chi connectivity index (χ3v) is 2.61. The van der Waals surface area contributed by atoms with Crippen LogP contribution in [0.15, 0.2) is 25.0 Å². The Labute approximate surface area is 97.6 Å². The summed E-state index contributed by atoms with van der Waals surface area (Å²) in [6.07, 6.45) is 4.51. The molecule has 0 aliphatic carbocycles. The van der Waals surface area contributed by atoms with Crippen molar-refractivity contribution >= 4 is 17.8 Å². The summed E-state index contributed by atoms with van der Waals surface area (Å²) in [6, 6.07) is 0. The van der Waals surface area contributed by atoms with Crippen LogP contribution in [0.5, 0.6) is 0 Å². The quantitative estimate of drug-likeness (QED) is 0.777. The molecule has 2 rings (SSSR count). The van der Waals surface area contributed by atoms with Crippen molar-refractivity contribution in [3.05, 3.63) is 30.6 Å². The van der Waals surface area contributed by atoms with E-state index in [1.54, 1.807) is 6.08 Å². The number of carbonyl (C=O) groups excluding carboxylic acids is 1. The first-order valence-corrected chi connectivity index (χ1v) is 5.10. The van der Waals surface area contributed by atoms with Gasteiger partial charge in [-0.3, -0.25) is 9.69 Å². The number of rotatable bonds is 3. The second kappa shape index (κ2) is 4.32. The molecule has 6 nitrogen and oxygen atoms in total. The van der Waals surface area contributed by atoms with Gasteiger partial charge in [0.05, 0.1) is 5.56 Å². The summed E-state index contributed by atoms with van der Waals surface area (Å²) in [5.41, 5.74) is 0.000617. The summed E-state index contributed by atoms with van der Waals surface area (Å²) in [5, 5.41) is 8.70. The lowest BCUT2D eigenvalue weighted by atomic mass is 10.1. The Kier molecular flexibility index (Phi) is 2.86. The Morgan fingerprint density at radius 3 is 2.65 bits per heavy atom. The molecule has 1 saturated heterocycles. The molecule has 0 aromatic carbocycles. The second-order valence-corrected chi connectivity index (χ2v) is 3.78. The minimum atomic E-state index is -1.09. The van der Waals surface area contributed by atoms with E-state index in [1.807, 2.05) is 0 Å². The van der Waals surface area contributed by atoms with E-state index >= 15 is 0 Å². The molecule has 0 saturated carbocycles. The van der Waals surface area contributed by atoms with E-state index in [0.29, 0.717) is 13.0 Å². The molecule has 6 heteroatoms. The summed E-state index contributed by atoms with van der Waals surface area (Å²) >= 11 is 0. The van der Waals surface area contributed by atoms with Gasteiger partial charge in [-0.1, -0.05) is 6.08 Å². The molecule has 0 radical (unpaired) electrons. The van der Waals surface area contributed by atoms with Crippen LogP contribution >= 0.6 is 0 Å². The molecule has 1 atom stereocenters. The minimum Gasteiger partial charge on any atom is -0.478 e. The Balaban J connectivity index is 2.20. The van der Waals surface area contributed by atoms with Crippen molar-refractivity contribution in [2.45, 2.75) is 6.42 Å². The molecule has 1 aliphatic heterocycles. The molecule has 1 amide bonds. The summed E-state index contributed by atoms with van der Waals surface area (Å²) in [7, 11) is 0. The van der Waals surface area contributed by atoms with Gasteiger partial charge in [0.2, 0.25) is 11.9 Å². The molecule has 1 N–H and O–H groups in total. The zero-order valence-corrected chi connectivity index (χ0v) is 9.04. The van der Waals surface area contributed by atoms with Crippen molar-refractivity contribution in [2.75, 3.05) is 11.4 Å². The van der Waals surface area contributed by atoms with Gasteiger partial charge in [-0.2, -0.15) is 0 Å². The topological polar surface area (TPSA) is 83.4 Å². The van der Waals surface area contributed by atoms with Gasteiger partial charge < -0.3 is 5.11 Å². The number of aromatic nitrogens is 2. The first kappa shape index (κ1) is 11.3. The molecule has 2 heterocycles. The monoisotopic (exact) mass is 233 g/mol. The molecule has 1 aromatic heterocycles. The maximum Gasteiger partial charge on any atom is 0.338 e. The van der Waals surface area contributed by atoms with Crippen LogP contribution in [0.4, 0.5) is 5.95 Å². The molecular formula is C11H11N3O3. The Morgan fingerprint density at radius 2 is 2.18 bits per heavy atom. The average molecular weight is 233 g/mol. The molecule has 1 aliphatic rings. The number of nitrogens with zero attached hydrogens (tertiary/aromatic N) is 3. The van der Waals surface area contributed by atoms with Crippen molar-refractivity contribution in [1.29, 1.82) is 0 Å². The van der Waals surface area contributed by atoms with Crippen molar-refractivity contribution < 1.29 is 14.7 Å². The van der Waals surface area contributed by atoms with Gasteiger partial charge in [-0.05, 0) is 0 Å². The van der Waals surface area contributed by atoms with Crippen LogP contribution in [0.2, 0.25) is 0 Å². The lowest BCUT2D eigenvalue weighted by molar-refractivity contribution is -0.117. The van der Waals surface area contributed by atoms with Crippen LogP contribution in [-0.2, 0) is 4.79 Å². The fraction of sp³-hybridized carbons (Fsp3) is 0.273. The Bertz CT molecular complexity index is 469. The highest BCUT2D eigenvalue weighted by Crippen LogP contribution is 2.22. The van der Waals surface area contributed by atoms with Crippen molar-refractivity contribution in [3.63, 3.8) is 0 Å². The molecule has 1 unspecified atom stereocenters. The van der Waals surface area contributed by atoms with E-state index in [-0.39, 0.29) is 23.3 Å². The van der Waals surface area contributed by atoms with Crippen LogP contribution in [0.3, 0.4) is 0 Å². The average Bonchev–Trinajstić information content (AvgIpc) is 2.71. The summed E-state index contributed by atoms with van der Waals surface area (Å²) in [5.74, 6) is -0.819. The maximum atomic E-state index is 11.6. The van der Waals surface area contributed by atoms with E-state index in [1.165, 1.54) is 17.3 Å². The first-order valence-electron chi connectivity index (χ1n) is 5.10. The number of aromatic carboxylic acids is 1. The SMILES string of the molecule is C=CC1CC(=O)N(c2ncc(C(=O)O)cn2)C1. The molecular weight excluding hydrogens is 222 g/mol. The molecule has 17 heavy (non-hydrogen) atoms. The van der Waals surface area contributed by atoms with Gasteiger partial charge in [0.25, 0.3) is 0 Å². The largest absolute Gasteiger partial charge is 0.478 e. The van der Waals surface area contributed by atoms with Crippen molar-refractivity contribution in [3.8, 4) is 0 Å². The highest BCUT2D eigenvalue weighted by atomic mass is 16.4. The van der Waals surface area contributed by atoms with Crippen LogP contribution in [0, 0.1) is 5.92 Å². The highest BCUT2D eigenvalue weighted by molar-refractivity contribution is 5.94. The van der Waals surface area contributed by atoms with E-state index < -0.39 is 5.97 Å². The van der Waals surface area contributed by atoms with E-state index in [2.05, 4.69) is 16.5 Å². The number of carboxylic acids is 1. The number of carboxylic acid groups (broad SMARTS) is 1. The summed E-state index contributed by atoms with van der Waals surface area (Å²) in [4.78, 5) is 31.5. The number of carbonyl (C=O) groups is 2. The smallest absolute Gasteiger partial charge is 0.338 e. The van der Waals surface area contributed by atoms with E-state index in [0.717, 1.165) is 0 Å². The van der Waals surface area contributed by atoms with E-state index in [9.17, 15) is 9.59 Å². The maximum absolute atomic E-state index is 11.6. The zero-order valence-electron chi connectivity index (χ0n) is 9.04. The summed E-state index contributed by atoms with van der Waals surface area (Å²) in [6.45, 7) is 4.14. The standard InChI is InChI=1S/C11H11N3O3/c1-2-7-3-9(15)14(6-7)11-12-4-8(5-13-11)10(16)17/h2,4-5,7H,1,3,6H2,(H,16,17). The van der Waals surface area contributed by atoms with Crippen LogP contribution in [0.1, 0.15) is 16.8 Å². The van der Waals surface area contributed by atoms with Gasteiger partial charge in [0, 0.05) is 31.3 Å². The number of amides is 1. The predicted octanol–water partition coefficient (Wildman–Crippen LogP) is 0.714. The lowest BCUT2D eigenvalue weighted by Crippen LogP contribution is -2.26. The highest BCUT2D eigenvalue weighted by Gasteiger charge is 2.30. The summed E-state index contributed by atoms with van der Waals surface area (Å²) < 4.78 is 0. The van der Waals surface area contributed by atoms with Crippen LogP contribution in [0.25, 0.3) is 0 Å².